The Kier molecular flexibility index (Phi) is 3.26. The van der Waals surface area contributed by atoms with Crippen LogP contribution >= 0.6 is 0 Å². The normalized spacial score (nSPS) is 14.7. The van der Waals surface area contributed by atoms with E-state index in [-0.39, 0.29) is 11.5 Å². The molecule has 1 heterocycles. The fraction of sp³-hybridized carbons (Fsp3) is 0.333. The molecular formula is C15H15FN2O2. The predicted molar refractivity (Wildman–Crippen MR) is 71.7 cm³/mol. The molecule has 0 saturated heterocycles. The molecule has 2 aromatic rings. The topological polar surface area (TPSA) is 55.1 Å². The minimum absolute atomic E-state index is 0.131. The Morgan fingerprint density at radius 3 is 2.55 bits per heavy atom. The van der Waals surface area contributed by atoms with Gasteiger partial charge < -0.3 is 5.11 Å². The van der Waals surface area contributed by atoms with E-state index in [1.807, 2.05) is 0 Å². The van der Waals surface area contributed by atoms with Crippen LogP contribution in [0.5, 0.6) is 0 Å². The monoisotopic (exact) mass is 274 g/mol. The SMILES string of the molecule is O=C(O)c1nn(-c2ccc(F)cc2)c2c1CCCCC2. The Morgan fingerprint density at radius 2 is 1.85 bits per heavy atom. The first-order valence-corrected chi connectivity index (χ1v) is 6.77. The average molecular weight is 274 g/mol. The lowest BCUT2D eigenvalue weighted by atomic mass is 10.1. The molecule has 1 aliphatic rings. The van der Waals surface area contributed by atoms with Crippen LogP contribution in [0.1, 0.15) is 41.0 Å². The number of fused-ring (bicyclic) bond motifs is 1. The van der Waals surface area contributed by atoms with Gasteiger partial charge in [-0.25, -0.2) is 13.9 Å². The van der Waals surface area contributed by atoms with Gasteiger partial charge in [-0.3, -0.25) is 0 Å². The third kappa shape index (κ3) is 2.19. The summed E-state index contributed by atoms with van der Waals surface area (Å²) >= 11 is 0. The summed E-state index contributed by atoms with van der Waals surface area (Å²) in [5.74, 6) is -1.31. The smallest absolute Gasteiger partial charge is 0.356 e. The van der Waals surface area contributed by atoms with Crippen LogP contribution in [0.25, 0.3) is 5.69 Å². The minimum atomic E-state index is -0.996. The number of benzene rings is 1. The van der Waals surface area contributed by atoms with Gasteiger partial charge in [-0.2, -0.15) is 5.10 Å². The van der Waals surface area contributed by atoms with Crippen LogP contribution in [-0.2, 0) is 12.8 Å². The van der Waals surface area contributed by atoms with Crippen molar-refractivity contribution in [3.05, 3.63) is 47.0 Å². The molecule has 3 rings (SSSR count). The van der Waals surface area contributed by atoms with Crippen LogP contribution in [0.4, 0.5) is 4.39 Å². The molecule has 1 aromatic heterocycles. The number of nitrogens with zero attached hydrogens (tertiary/aromatic N) is 2. The Balaban J connectivity index is 2.15. The van der Waals surface area contributed by atoms with E-state index in [4.69, 9.17) is 0 Å². The molecule has 0 amide bonds. The first-order valence-electron chi connectivity index (χ1n) is 6.77. The van der Waals surface area contributed by atoms with Gasteiger partial charge in [-0.15, -0.1) is 0 Å². The van der Waals surface area contributed by atoms with E-state index < -0.39 is 5.97 Å². The predicted octanol–water partition coefficient (Wildman–Crippen LogP) is 2.98. The Labute approximate surface area is 115 Å². The molecule has 0 atom stereocenters. The number of carbonyl (C=O) groups is 1. The van der Waals surface area contributed by atoms with Gasteiger partial charge in [0.05, 0.1) is 5.69 Å². The highest BCUT2D eigenvalue weighted by atomic mass is 19.1. The number of halogens is 1. The molecule has 0 aliphatic heterocycles. The van der Waals surface area contributed by atoms with Crippen molar-refractivity contribution >= 4 is 5.97 Å². The Bertz CT molecular complexity index is 647. The number of carboxylic acid groups (broad SMARTS) is 1. The zero-order valence-corrected chi connectivity index (χ0v) is 11.0. The lowest BCUT2D eigenvalue weighted by Gasteiger charge is -2.07. The summed E-state index contributed by atoms with van der Waals surface area (Å²) in [5.41, 5.74) is 2.62. The molecule has 0 saturated carbocycles. The van der Waals surface area contributed by atoms with Gasteiger partial charge in [-0.1, -0.05) is 6.42 Å². The fourth-order valence-corrected chi connectivity index (χ4v) is 2.74. The molecule has 0 spiro atoms. The van der Waals surface area contributed by atoms with Crippen molar-refractivity contribution < 1.29 is 14.3 Å². The molecule has 0 unspecified atom stereocenters. The van der Waals surface area contributed by atoms with Crippen LogP contribution in [0.15, 0.2) is 24.3 Å². The minimum Gasteiger partial charge on any atom is -0.476 e. The van der Waals surface area contributed by atoms with E-state index in [0.29, 0.717) is 5.69 Å². The molecule has 5 heteroatoms. The van der Waals surface area contributed by atoms with Crippen molar-refractivity contribution in [2.45, 2.75) is 32.1 Å². The molecule has 0 radical (unpaired) electrons. The summed E-state index contributed by atoms with van der Waals surface area (Å²) in [6.45, 7) is 0. The number of rotatable bonds is 2. The standard InChI is InChI=1S/C15H15FN2O2/c16-10-6-8-11(9-7-10)18-13-5-3-1-2-4-12(13)14(17-18)15(19)20/h6-9H,1-5H2,(H,19,20). The Morgan fingerprint density at radius 1 is 1.15 bits per heavy atom. The summed E-state index contributed by atoms with van der Waals surface area (Å²) in [6.07, 6.45) is 4.67. The van der Waals surface area contributed by atoms with E-state index in [2.05, 4.69) is 5.10 Å². The number of carboxylic acids is 1. The summed E-state index contributed by atoms with van der Waals surface area (Å²) < 4.78 is 14.7. The molecule has 20 heavy (non-hydrogen) atoms. The Hall–Kier alpha value is -2.17. The molecule has 1 N–H and O–H groups in total. The number of aromatic nitrogens is 2. The second-order valence-electron chi connectivity index (χ2n) is 5.03. The quantitative estimate of drug-likeness (QED) is 0.856. The number of hydrogen-bond donors (Lipinski definition) is 1. The summed E-state index contributed by atoms with van der Waals surface area (Å²) in [5, 5.41) is 13.5. The van der Waals surface area contributed by atoms with Gasteiger partial charge in [0.1, 0.15) is 5.82 Å². The number of aromatic carboxylic acids is 1. The molecule has 0 bridgehead atoms. The van der Waals surface area contributed by atoms with Crippen LogP contribution in [-0.4, -0.2) is 20.9 Å². The van der Waals surface area contributed by atoms with Crippen LogP contribution < -0.4 is 0 Å². The number of hydrogen-bond acceptors (Lipinski definition) is 2. The van der Waals surface area contributed by atoms with Gasteiger partial charge >= 0.3 is 5.97 Å². The average Bonchev–Trinajstić information content (AvgIpc) is 2.63. The first-order chi connectivity index (χ1) is 9.66. The second-order valence-corrected chi connectivity index (χ2v) is 5.03. The summed E-state index contributed by atoms with van der Waals surface area (Å²) in [4.78, 5) is 11.3. The van der Waals surface area contributed by atoms with Crippen molar-refractivity contribution in [1.29, 1.82) is 0 Å². The van der Waals surface area contributed by atoms with Crippen LogP contribution in [0, 0.1) is 5.82 Å². The van der Waals surface area contributed by atoms with Gasteiger partial charge in [-0.05, 0) is 49.9 Å². The maximum absolute atomic E-state index is 13.0. The van der Waals surface area contributed by atoms with E-state index in [1.54, 1.807) is 16.8 Å². The largest absolute Gasteiger partial charge is 0.476 e. The van der Waals surface area contributed by atoms with E-state index in [1.165, 1.54) is 12.1 Å². The third-order valence-electron chi connectivity index (χ3n) is 3.70. The first kappa shape index (κ1) is 12.8. The molecule has 1 aliphatic carbocycles. The van der Waals surface area contributed by atoms with E-state index >= 15 is 0 Å². The van der Waals surface area contributed by atoms with E-state index in [0.717, 1.165) is 43.4 Å². The molecular weight excluding hydrogens is 259 g/mol. The van der Waals surface area contributed by atoms with Gasteiger partial charge in [0, 0.05) is 11.3 Å². The molecule has 0 fully saturated rings. The van der Waals surface area contributed by atoms with Crippen molar-refractivity contribution in [2.24, 2.45) is 0 Å². The van der Waals surface area contributed by atoms with Gasteiger partial charge in [0.2, 0.25) is 0 Å². The lowest BCUT2D eigenvalue weighted by molar-refractivity contribution is 0.0688. The zero-order chi connectivity index (χ0) is 14.1. The van der Waals surface area contributed by atoms with Crippen molar-refractivity contribution in [3.63, 3.8) is 0 Å². The fourth-order valence-electron chi connectivity index (χ4n) is 2.74. The molecule has 104 valence electrons. The van der Waals surface area contributed by atoms with Crippen LogP contribution in [0.2, 0.25) is 0 Å². The van der Waals surface area contributed by atoms with Crippen molar-refractivity contribution in [3.8, 4) is 5.69 Å². The highest BCUT2D eigenvalue weighted by molar-refractivity contribution is 5.87. The second kappa shape index (κ2) is 5.07. The van der Waals surface area contributed by atoms with Gasteiger partial charge in [0.15, 0.2) is 5.69 Å². The zero-order valence-electron chi connectivity index (χ0n) is 11.0. The van der Waals surface area contributed by atoms with E-state index in [9.17, 15) is 14.3 Å². The third-order valence-corrected chi connectivity index (χ3v) is 3.70. The summed E-state index contributed by atoms with van der Waals surface area (Å²) in [6, 6.07) is 5.97. The van der Waals surface area contributed by atoms with Crippen molar-refractivity contribution in [2.75, 3.05) is 0 Å². The lowest BCUT2D eigenvalue weighted by Crippen LogP contribution is -2.04. The molecule has 4 nitrogen and oxygen atoms in total. The maximum atomic E-state index is 13.0. The molecule has 1 aromatic carbocycles. The summed E-state index contributed by atoms with van der Waals surface area (Å²) in [7, 11) is 0. The maximum Gasteiger partial charge on any atom is 0.356 e. The highest BCUT2D eigenvalue weighted by Crippen LogP contribution is 2.26. The van der Waals surface area contributed by atoms with Crippen LogP contribution in [0.3, 0.4) is 0 Å². The van der Waals surface area contributed by atoms with Gasteiger partial charge in [0.25, 0.3) is 0 Å². The highest BCUT2D eigenvalue weighted by Gasteiger charge is 2.24. The van der Waals surface area contributed by atoms with Crippen molar-refractivity contribution in [1.82, 2.24) is 9.78 Å².